The summed E-state index contributed by atoms with van der Waals surface area (Å²) in [5.41, 5.74) is 5.60. The van der Waals surface area contributed by atoms with E-state index in [4.69, 9.17) is 40.4 Å². The van der Waals surface area contributed by atoms with Gasteiger partial charge >= 0.3 is 5.97 Å². The average Bonchev–Trinajstić information content (AvgIpc) is 3.10. The van der Waals surface area contributed by atoms with Crippen molar-refractivity contribution in [1.82, 2.24) is 0 Å². The first-order chi connectivity index (χ1) is 24.7. The molecule has 0 spiro atoms. The van der Waals surface area contributed by atoms with Gasteiger partial charge in [0.05, 0.1) is 85.0 Å². The van der Waals surface area contributed by atoms with E-state index < -0.39 is 5.97 Å². The zero-order valence-electron chi connectivity index (χ0n) is 29.2. The highest BCUT2D eigenvalue weighted by atomic mass is 35.5. The van der Waals surface area contributed by atoms with Crippen LogP contribution in [0.3, 0.4) is 0 Å². The third-order valence-corrected chi connectivity index (χ3v) is 8.38. The maximum absolute atomic E-state index is 12.6. The molecule has 1 aliphatic heterocycles. The number of carbonyl (C=O) groups is 3. The molecule has 0 radical (unpaired) electrons. The number of aliphatic carboxylic acids is 1. The Morgan fingerprint density at radius 1 is 0.725 bits per heavy atom. The molecule has 0 aliphatic carbocycles. The molecule has 13 heteroatoms. The molecule has 0 aromatic heterocycles. The third kappa shape index (κ3) is 13.6. The van der Waals surface area contributed by atoms with Crippen LogP contribution in [0, 0.1) is 0 Å². The quantitative estimate of drug-likeness (QED) is 0.103. The van der Waals surface area contributed by atoms with E-state index >= 15 is 0 Å². The summed E-state index contributed by atoms with van der Waals surface area (Å²) >= 11 is 6.10. The molecule has 0 saturated heterocycles. The van der Waals surface area contributed by atoms with Crippen LogP contribution in [0.15, 0.2) is 66.7 Å². The number of fused-ring (bicyclic) bond motifs is 1. The second-order valence-corrected chi connectivity index (χ2v) is 12.5. The van der Waals surface area contributed by atoms with Crippen LogP contribution in [0.5, 0.6) is 0 Å². The number of carbonyl (C=O) groups excluding carboxylic acids is 2. The molecule has 2 atom stereocenters. The fourth-order valence-corrected chi connectivity index (χ4v) is 5.81. The summed E-state index contributed by atoms with van der Waals surface area (Å²) in [6, 6.07) is 21.5. The predicted molar refractivity (Wildman–Crippen MR) is 197 cm³/mol. The van der Waals surface area contributed by atoms with Gasteiger partial charge in [-0.1, -0.05) is 29.8 Å². The Morgan fingerprint density at radius 3 is 1.78 bits per heavy atom. The average molecular weight is 726 g/mol. The van der Waals surface area contributed by atoms with Gasteiger partial charge in [0.2, 0.25) is 11.8 Å². The van der Waals surface area contributed by atoms with Crippen LogP contribution >= 0.6 is 11.6 Å². The van der Waals surface area contributed by atoms with E-state index in [0.717, 1.165) is 34.5 Å². The molecule has 0 unspecified atom stereocenters. The highest BCUT2D eigenvalue weighted by Gasteiger charge is 2.32. The summed E-state index contributed by atoms with van der Waals surface area (Å²) in [6.07, 6.45) is 0.952. The number of carboxylic acids is 1. The molecule has 0 bridgehead atoms. The number of carboxylic acid groups (broad SMARTS) is 1. The van der Waals surface area contributed by atoms with Gasteiger partial charge in [-0.25, -0.2) is 0 Å². The van der Waals surface area contributed by atoms with Gasteiger partial charge in [-0.15, -0.1) is 0 Å². The Balaban J connectivity index is 1.13. The summed E-state index contributed by atoms with van der Waals surface area (Å²) in [4.78, 5) is 37.3. The fourth-order valence-electron chi connectivity index (χ4n) is 5.68. The Bertz CT molecular complexity index is 1540. The number of hydrogen-bond acceptors (Lipinski definition) is 9. The molecule has 4 rings (SSSR count). The molecular formula is C38H48ClN3O9. The van der Waals surface area contributed by atoms with Gasteiger partial charge in [0.1, 0.15) is 0 Å². The van der Waals surface area contributed by atoms with Crippen LogP contribution in [0.25, 0.3) is 11.1 Å². The molecule has 1 heterocycles. The van der Waals surface area contributed by atoms with Crippen molar-refractivity contribution >= 4 is 46.4 Å². The van der Waals surface area contributed by atoms with Crippen LogP contribution in [0.4, 0.5) is 17.1 Å². The van der Waals surface area contributed by atoms with E-state index in [-0.39, 0.29) is 50.0 Å². The zero-order valence-corrected chi connectivity index (χ0v) is 30.0. The van der Waals surface area contributed by atoms with E-state index in [2.05, 4.69) is 23.6 Å². The molecule has 12 nitrogen and oxygen atoms in total. The van der Waals surface area contributed by atoms with E-state index in [9.17, 15) is 14.4 Å². The van der Waals surface area contributed by atoms with Crippen LogP contribution in [0.1, 0.15) is 44.7 Å². The number of amides is 2. The number of nitrogens with zero attached hydrogens (tertiary/aromatic N) is 1. The monoisotopic (exact) mass is 725 g/mol. The zero-order chi connectivity index (χ0) is 36.4. The number of nitrogens with one attached hydrogen (secondary N) is 2. The minimum Gasteiger partial charge on any atom is -0.481 e. The second-order valence-electron chi connectivity index (χ2n) is 12.0. The van der Waals surface area contributed by atoms with E-state index in [1.165, 1.54) is 0 Å². The summed E-state index contributed by atoms with van der Waals surface area (Å²) in [7, 11) is 0. The standard InChI is InChI=1S/C38H48ClN3O9/c1-27-25-35(40-32-10-6-31(39)7-11-32)34-26-30(5-12-36(34)42(27)28(2)43)29-3-8-33(9-4-29)41-37(44)13-15-47-17-19-49-21-23-51-24-22-50-20-18-48-16-14-38(45)46/h3-12,26-27,35,40H,13-25H2,1-2H3,(H,41,44)(H,45,46)/t27-,35+/m0/s1. The molecule has 51 heavy (non-hydrogen) atoms. The molecule has 3 aromatic rings. The Kier molecular flexibility index (Phi) is 16.6. The van der Waals surface area contributed by atoms with Gasteiger partial charge < -0.3 is 44.3 Å². The lowest BCUT2D eigenvalue weighted by Crippen LogP contribution is -2.43. The van der Waals surface area contributed by atoms with Crippen LogP contribution in [-0.2, 0) is 38.1 Å². The number of anilines is 3. The van der Waals surface area contributed by atoms with Crippen molar-refractivity contribution in [2.45, 2.75) is 45.2 Å². The van der Waals surface area contributed by atoms with E-state index in [1.54, 1.807) is 6.92 Å². The first-order valence-electron chi connectivity index (χ1n) is 17.2. The number of hydrogen-bond donors (Lipinski definition) is 3. The van der Waals surface area contributed by atoms with E-state index in [0.29, 0.717) is 63.6 Å². The van der Waals surface area contributed by atoms with Gasteiger partial charge in [-0.3, -0.25) is 14.4 Å². The minimum atomic E-state index is -0.887. The largest absolute Gasteiger partial charge is 0.481 e. The second kappa shape index (κ2) is 21.4. The van der Waals surface area contributed by atoms with Crippen LogP contribution in [0.2, 0.25) is 5.02 Å². The van der Waals surface area contributed by atoms with Crippen molar-refractivity contribution in [3.8, 4) is 11.1 Å². The van der Waals surface area contributed by atoms with Gasteiger partial charge in [0.25, 0.3) is 0 Å². The summed E-state index contributed by atoms with van der Waals surface area (Å²) in [5, 5.41) is 15.8. The van der Waals surface area contributed by atoms with Crippen molar-refractivity contribution in [3.63, 3.8) is 0 Å². The summed E-state index contributed by atoms with van der Waals surface area (Å²) in [5.74, 6) is -1.02. The molecule has 0 fully saturated rings. The molecule has 2 amide bonds. The Hall–Kier alpha value is -4.04. The fraction of sp³-hybridized carbons (Fsp3) is 0.447. The summed E-state index contributed by atoms with van der Waals surface area (Å²) in [6.45, 7) is 7.28. The highest BCUT2D eigenvalue weighted by Crippen LogP contribution is 2.41. The number of benzene rings is 3. The summed E-state index contributed by atoms with van der Waals surface area (Å²) < 4.78 is 26.9. The molecular weight excluding hydrogens is 678 g/mol. The van der Waals surface area contributed by atoms with Gasteiger partial charge in [-0.2, -0.15) is 0 Å². The lowest BCUT2D eigenvalue weighted by Gasteiger charge is -2.39. The van der Waals surface area contributed by atoms with Gasteiger partial charge in [0.15, 0.2) is 0 Å². The third-order valence-electron chi connectivity index (χ3n) is 8.13. The van der Waals surface area contributed by atoms with Gasteiger partial charge in [0, 0.05) is 35.1 Å². The van der Waals surface area contributed by atoms with Crippen LogP contribution in [-0.4, -0.2) is 95.0 Å². The first-order valence-corrected chi connectivity index (χ1v) is 17.6. The Labute approximate surface area is 304 Å². The number of halogens is 1. The lowest BCUT2D eigenvalue weighted by atomic mass is 9.89. The number of ether oxygens (including phenoxy) is 5. The molecule has 1 aliphatic rings. The van der Waals surface area contributed by atoms with Crippen molar-refractivity contribution in [1.29, 1.82) is 0 Å². The molecule has 276 valence electrons. The molecule has 0 saturated carbocycles. The topological polar surface area (TPSA) is 145 Å². The van der Waals surface area contributed by atoms with Crippen LogP contribution < -0.4 is 15.5 Å². The maximum atomic E-state index is 12.6. The lowest BCUT2D eigenvalue weighted by molar-refractivity contribution is -0.138. The molecule has 3 aromatic carbocycles. The highest BCUT2D eigenvalue weighted by molar-refractivity contribution is 6.30. The van der Waals surface area contributed by atoms with Gasteiger partial charge in [-0.05, 0) is 78.6 Å². The Morgan fingerprint density at radius 2 is 1.24 bits per heavy atom. The molecule has 3 N–H and O–H groups in total. The predicted octanol–water partition coefficient (Wildman–Crippen LogP) is 6.19. The number of rotatable bonds is 22. The SMILES string of the molecule is CC(=O)N1c2ccc(-c3ccc(NC(=O)CCOCCOCCOCCOCCOCCC(=O)O)cc3)cc2[C@H](Nc2ccc(Cl)cc2)C[C@@H]1C. The first kappa shape index (κ1) is 39.7. The minimum absolute atomic E-state index is 0.00175. The van der Waals surface area contributed by atoms with E-state index in [1.807, 2.05) is 65.6 Å². The van der Waals surface area contributed by atoms with Crippen molar-refractivity contribution in [3.05, 3.63) is 77.3 Å². The maximum Gasteiger partial charge on any atom is 0.305 e. The van der Waals surface area contributed by atoms with Crippen molar-refractivity contribution in [2.75, 3.05) is 81.6 Å². The van der Waals surface area contributed by atoms with Crippen molar-refractivity contribution in [2.24, 2.45) is 0 Å². The smallest absolute Gasteiger partial charge is 0.305 e. The van der Waals surface area contributed by atoms with Crippen molar-refractivity contribution < 1.29 is 43.2 Å². The normalized spacial score (nSPS) is 15.3.